The molecule has 0 spiro atoms. The van der Waals surface area contributed by atoms with E-state index in [2.05, 4.69) is 4.90 Å². The maximum Gasteiger partial charge on any atom is 0.239 e. The quantitative estimate of drug-likeness (QED) is 0.865. The normalized spacial score (nSPS) is 29.2. The SMILES string of the molecule is CC(C(=O)N1CCCCCC1)N(C)CC1CCCCC1O. The van der Waals surface area contributed by atoms with E-state index in [4.69, 9.17) is 0 Å². The molecule has 0 aromatic rings. The molecule has 1 heterocycles. The number of hydrogen-bond acceptors (Lipinski definition) is 3. The van der Waals surface area contributed by atoms with Gasteiger partial charge in [0.2, 0.25) is 5.91 Å². The lowest BCUT2D eigenvalue weighted by atomic mass is 9.86. The minimum absolute atomic E-state index is 0.0720. The summed E-state index contributed by atoms with van der Waals surface area (Å²) in [5.41, 5.74) is 0. The molecule has 1 aliphatic heterocycles. The van der Waals surface area contributed by atoms with Crippen LogP contribution in [0.4, 0.5) is 0 Å². The van der Waals surface area contributed by atoms with E-state index in [9.17, 15) is 9.90 Å². The first-order chi connectivity index (χ1) is 10.1. The summed E-state index contributed by atoms with van der Waals surface area (Å²) in [6.07, 6.45) is 8.98. The molecule has 122 valence electrons. The summed E-state index contributed by atoms with van der Waals surface area (Å²) in [4.78, 5) is 16.8. The lowest BCUT2D eigenvalue weighted by Gasteiger charge is -2.35. The molecular weight excluding hydrogens is 264 g/mol. The summed E-state index contributed by atoms with van der Waals surface area (Å²) in [6.45, 7) is 4.69. The summed E-state index contributed by atoms with van der Waals surface area (Å²) >= 11 is 0. The smallest absolute Gasteiger partial charge is 0.239 e. The molecule has 3 unspecified atom stereocenters. The molecule has 2 fully saturated rings. The van der Waals surface area contributed by atoms with E-state index in [1.54, 1.807) is 0 Å². The summed E-state index contributed by atoms with van der Waals surface area (Å²) < 4.78 is 0. The summed E-state index contributed by atoms with van der Waals surface area (Å²) in [6, 6.07) is -0.0720. The van der Waals surface area contributed by atoms with Gasteiger partial charge in [-0.1, -0.05) is 25.7 Å². The Hall–Kier alpha value is -0.610. The molecule has 2 aliphatic rings. The van der Waals surface area contributed by atoms with E-state index in [0.29, 0.717) is 5.92 Å². The number of carbonyl (C=O) groups is 1. The van der Waals surface area contributed by atoms with Crippen molar-refractivity contribution >= 4 is 5.91 Å². The second kappa shape index (κ2) is 8.14. The van der Waals surface area contributed by atoms with Gasteiger partial charge in [-0.25, -0.2) is 0 Å². The highest BCUT2D eigenvalue weighted by Crippen LogP contribution is 2.25. The number of nitrogens with zero attached hydrogens (tertiary/aromatic N) is 2. The van der Waals surface area contributed by atoms with Crippen molar-refractivity contribution < 1.29 is 9.90 Å². The Bertz CT molecular complexity index is 327. The fraction of sp³-hybridized carbons (Fsp3) is 0.941. The summed E-state index contributed by atoms with van der Waals surface area (Å²) in [5, 5.41) is 10.1. The molecule has 21 heavy (non-hydrogen) atoms. The Morgan fingerprint density at radius 3 is 2.38 bits per heavy atom. The lowest BCUT2D eigenvalue weighted by molar-refractivity contribution is -0.136. The van der Waals surface area contributed by atoms with Gasteiger partial charge < -0.3 is 10.0 Å². The van der Waals surface area contributed by atoms with Gasteiger partial charge >= 0.3 is 0 Å². The van der Waals surface area contributed by atoms with Crippen LogP contribution in [0.3, 0.4) is 0 Å². The van der Waals surface area contributed by atoms with Gasteiger partial charge in [0.15, 0.2) is 0 Å². The minimum atomic E-state index is -0.179. The van der Waals surface area contributed by atoms with Gasteiger partial charge in [-0.05, 0) is 45.6 Å². The molecule has 2 rings (SSSR count). The maximum absolute atomic E-state index is 12.6. The van der Waals surface area contributed by atoms with E-state index in [1.807, 2.05) is 18.9 Å². The van der Waals surface area contributed by atoms with Crippen molar-refractivity contribution in [1.82, 2.24) is 9.80 Å². The molecule has 0 aromatic heterocycles. The van der Waals surface area contributed by atoms with Crippen LogP contribution in [0.15, 0.2) is 0 Å². The van der Waals surface area contributed by atoms with Crippen LogP contribution in [0.5, 0.6) is 0 Å². The third-order valence-corrected chi connectivity index (χ3v) is 5.33. The van der Waals surface area contributed by atoms with Crippen LogP contribution < -0.4 is 0 Å². The van der Waals surface area contributed by atoms with Gasteiger partial charge in [0, 0.05) is 19.6 Å². The van der Waals surface area contributed by atoms with Gasteiger partial charge in [0.1, 0.15) is 0 Å². The molecule has 1 N–H and O–H groups in total. The van der Waals surface area contributed by atoms with E-state index < -0.39 is 0 Å². The zero-order valence-corrected chi connectivity index (χ0v) is 13.8. The van der Waals surface area contributed by atoms with Crippen LogP contribution in [0.2, 0.25) is 0 Å². The van der Waals surface area contributed by atoms with E-state index in [0.717, 1.165) is 51.7 Å². The van der Waals surface area contributed by atoms with Crippen LogP contribution in [0.25, 0.3) is 0 Å². The summed E-state index contributed by atoms with van der Waals surface area (Å²) in [5.74, 6) is 0.604. The second-order valence-electron chi connectivity index (χ2n) is 6.97. The first-order valence-electron chi connectivity index (χ1n) is 8.76. The molecule has 0 radical (unpaired) electrons. The first kappa shape index (κ1) is 16.8. The number of rotatable bonds is 4. The topological polar surface area (TPSA) is 43.8 Å². The number of amides is 1. The van der Waals surface area contributed by atoms with E-state index in [-0.39, 0.29) is 18.1 Å². The highest BCUT2D eigenvalue weighted by Gasteiger charge is 2.29. The number of hydrogen-bond donors (Lipinski definition) is 1. The zero-order chi connectivity index (χ0) is 15.2. The van der Waals surface area contributed by atoms with Crippen LogP contribution in [0, 0.1) is 5.92 Å². The molecule has 1 amide bonds. The molecule has 0 bridgehead atoms. The van der Waals surface area contributed by atoms with Crippen molar-refractivity contribution in [2.45, 2.75) is 70.4 Å². The number of likely N-dealkylation sites (tertiary alicyclic amines) is 1. The van der Waals surface area contributed by atoms with Crippen molar-refractivity contribution in [1.29, 1.82) is 0 Å². The molecular formula is C17H32N2O2. The van der Waals surface area contributed by atoms with Crippen molar-refractivity contribution in [2.75, 3.05) is 26.7 Å². The molecule has 4 nitrogen and oxygen atoms in total. The van der Waals surface area contributed by atoms with Crippen molar-refractivity contribution in [3.63, 3.8) is 0 Å². The second-order valence-corrected chi connectivity index (χ2v) is 6.97. The number of aliphatic hydroxyl groups excluding tert-OH is 1. The average molecular weight is 296 g/mol. The van der Waals surface area contributed by atoms with Gasteiger partial charge in [0.05, 0.1) is 12.1 Å². The molecule has 4 heteroatoms. The highest BCUT2D eigenvalue weighted by atomic mass is 16.3. The summed E-state index contributed by atoms with van der Waals surface area (Å²) in [7, 11) is 2.03. The largest absolute Gasteiger partial charge is 0.393 e. The maximum atomic E-state index is 12.6. The predicted molar refractivity (Wildman–Crippen MR) is 85.1 cm³/mol. The molecule has 1 saturated carbocycles. The highest BCUT2D eigenvalue weighted by molar-refractivity contribution is 5.81. The zero-order valence-electron chi connectivity index (χ0n) is 13.8. The predicted octanol–water partition coefficient (Wildman–Crippen LogP) is 2.26. The Morgan fingerprint density at radius 1 is 1.14 bits per heavy atom. The number of likely N-dealkylation sites (N-methyl/N-ethyl adjacent to an activating group) is 1. The number of aliphatic hydroxyl groups is 1. The molecule has 1 aliphatic carbocycles. The third-order valence-electron chi connectivity index (χ3n) is 5.33. The van der Waals surface area contributed by atoms with Crippen LogP contribution >= 0.6 is 0 Å². The lowest BCUT2D eigenvalue weighted by Crippen LogP contribution is -2.48. The van der Waals surface area contributed by atoms with Gasteiger partial charge in [0.25, 0.3) is 0 Å². The van der Waals surface area contributed by atoms with Crippen molar-refractivity contribution in [3.05, 3.63) is 0 Å². The number of carbonyl (C=O) groups excluding carboxylic acids is 1. The monoisotopic (exact) mass is 296 g/mol. The first-order valence-corrected chi connectivity index (χ1v) is 8.76. The van der Waals surface area contributed by atoms with Gasteiger partial charge in [-0.2, -0.15) is 0 Å². The Labute approximate surface area is 129 Å². The van der Waals surface area contributed by atoms with Gasteiger partial charge in [-0.3, -0.25) is 9.69 Å². The van der Waals surface area contributed by atoms with Gasteiger partial charge in [-0.15, -0.1) is 0 Å². The average Bonchev–Trinajstić information content (AvgIpc) is 2.77. The molecule has 3 atom stereocenters. The van der Waals surface area contributed by atoms with Crippen LogP contribution in [-0.4, -0.2) is 59.6 Å². The minimum Gasteiger partial charge on any atom is -0.393 e. The third kappa shape index (κ3) is 4.68. The van der Waals surface area contributed by atoms with Crippen molar-refractivity contribution in [2.24, 2.45) is 5.92 Å². The Balaban J connectivity index is 1.85. The Morgan fingerprint density at radius 2 is 1.76 bits per heavy atom. The fourth-order valence-corrected chi connectivity index (χ4v) is 3.67. The molecule has 1 saturated heterocycles. The standard InChI is InChI=1S/C17H32N2O2/c1-14(17(21)19-11-7-3-4-8-12-19)18(2)13-15-9-5-6-10-16(15)20/h14-16,20H,3-13H2,1-2H3. The van der Waals surface area contributed by atoms with E-state index in [1.165, 1.54) is 19.3 Å². The van der Waals surface area contributed by atoms with E-state index >= 15 is 0 Å². The fourth-order valence-electron chi connectivity index (χ4n) is 3.67. The van der Waals surface area contributed by atoms with Crippen LogP contribution in [-0.2, 0) is 4.79 Å². The van der Waals surface area contributed by atoms with Crippen LogP contribution in [0.1, 0.15) is 58.3 Å². The molecule has 0 aromatic carbocycles. The van der Waals surface area contributed by atoms with Crippen molar-refractivity contribution in [3.8, 4) is 0 Å². The Kier molecular flexibility index (Phi) is 6.49.